The summed E-state index contributed by atoms with van der Waals surface area (Å²) in [5.74, 6) is 0. The van der Waals surface area contributed by atoms with Crippen molar-refractivity contribution in [2.24, 2.45) is 5.41 Å². The van der Waals surface area contributed by atoms with Crippen LogP contribution in [0.1, 0.15) is 65.7 Å². The van der Waals surface area contributed by atoms with Gasteiger partial charge in [0.05, 0.1) is 0 Å². The van der Waals surface area contributed by atoms with E-state index in [4.69, 9.17) is 0 Å². The lowest BCUT2D eigenvalue weighted by atomic mass is 9.86. The first-order chi connectivity index (χ1) is 8.70. The molecule has 0 saturated carbocycles. The molecule has 108 valence electrons. The smallest absolute Gasteiger partial charge is 0.00474 e. The molecular formula is C16H34N2. The minimum Gasteiger partial charge on any atom is -0.316 e. The van der Waals surface area contributed by atoms with Gasteiger partial charge in [0.1, 0.15) is 0 Å². The van der Waals surface area contributed by atoms with Gasteiger partial charge in [0.2, 0.25) is 0 Å². The Kier molecular flexibility index (Phi) is 7.92. The molecule has 0 radical (unpaired) electrons. The van der Waals surface area contributed by atoms with Gasteiger partial charge in [0, 0.05) is 13.1 Å². The summed E-state index contributed by atoms with van der Waals surface area (Å²) < 4.78 is 0. The van der Waals surface area contributed by atoms with Crippen molar-refractivity contribution in [3.05, 3.63) is 0 Å². The fraction of sp³-hybridized carbons (Fsp3) is 1.00. The molecule has 0 bridgehead atoms. The molecule has 1 atom stereocenters. The lowest BCUT2D eigenvalue weighted by molar-refractivity contribution is 0.145. The van der Waals surface area contributed by atoms with E-state index >= 15 is 0 Å². The van der Waals surface area contributed by atoms with Gasteiger partial charge in [-0.15, -0.1) is 0 Å². The van der Waals surface area contributed by atoms with Crippen LogP contribution in [0.4, 0.5) is 0 Å². The van der Waals surface area contributed by atoms with Gasteiger partial charge >= 0.3 is 0 Å². The van der Waals surface area contributed by atoms with Crippen molar-refractivity contribution in [2.45, 2.75) is 65.7 Å². The van der Waals surface area contributed by atoms with Crippen molar-refractivity contribution in [2.75, 3.05) is 32.7 Å². The number of likely N-dealkylation sites (tertiary alicyclic amines) is 1. The maximum absolute atomic E-state index is 3.62. The first kappa shape index (κ1) is 16.0. The minimum absolute atomic E-state index is 0.453. The third kappa shape index (κ3) is 6.19. The first-order valence-electron chi connectivity index (χ1n) is 8.13. The van der Waals surface area contributed by atoms with E-state index in [-0.39, 0.29) is 0 Å². The van der Waals surface area contributed by atoms with Crippen LogP contribution in [0.25, 0.3) is 0 Å². The molecule has 1 rings (SSSR count). The van der Waals surface area contributed by atoms with Crippen LogP contribution in [0.15, 0.2) is 0 Å². The zero-order chi connectivity index (χ0) is 13.3. The van der Waals surface area contributed by atoms with Crippen LogP contribution in [0.5, 0.6) is 0 Å². The number of rotatable bonds is 7. The highest BCUT2D eigenvalue weighted by Crippen LogP contribution is 2.23. The third-order valence-electron chi connectivity index (χ3n) is 4.39. The Morgan fingerprint density at radius 3 is 2.17 bits per heavy atom. The fourth-order valence-electron chi connectivity index (χ4n) is 2.87. The van der Waals surface area contributed by atoms with Crippen LogP contribution < -0.4 is 5.32 Å². The second-order valence-electron chi connectivity index (χ2n) is 6.38. The summed E-state index contributed by atoms with van der Waals surface area (Å²) in [5.41, 5.74) is 0.453. The van der Waals surface area contributed by atoms with Gasteiger partial charge in [0.15, 0.2) is 0 Å². The van der Waals surface area contributed by atoms with Crippen molar-refractivity contribution in [3.63, 3.8) is 0 Å². The third-order valence-corrected chi connectivity index (χ3v) is 4.39. The topological polar surface area (TPSA) is 15.3 Å². The van der Waals surface area contributed by atoms with Crippen molar-refractivity contribution in [3.8, 4) is 0 Å². The van der Waals surface area contributed by atoms with Gasteiger partial charge in [0.25, 0.3) is 0 Å². The fourth-order valence-corrected chi connectivity index (χ4v) is 2.87. The molecule has 0 aromatic heterocycles. The van der Waals surface area contributed by atoms with Gasteiger partial charge in [-0.05, 0) is 50.7 Å². The van der Waals surface area contributed by atoms with Gasteiger partial charge < -0.3 is 10.2 Å². The van der Waals surface area contributed by atoms with E-state index < -0.39 is 0 Å². The van der Waals surface area contributed by atoms with E-state index in [1.165, 1.54) is 71.1 Å². The Bertz CT molecular complexity index is 197. The number of nitrogens with one attached hydrogen (secondary N) is 1. The molecule has 0 spiro atoms. The summed E-state index contributed by atoms with van der Waals surface area (Å²) in [7, 11) is 0. The van der Waals surface area contributed by atoms with E-state index in [0.29, 0.717) is 5.41 Å². The number of hydrogen-bond acceptors (Lipinski definition) is 2. The van der Waals surface area contributed by atoms with E-state index in [2.05, 4.69) is 31.0 Å². The van der Waals surface area contributed by atoms with Gasteiger partial charge in [-0.3, -0.25) is 0 Å². The summed E-state index contributed by atoms with van der Waals surface area (Å²) >= 11 is 0. The van der Waals surface area contributed by atoms with Crippen molar-refractivity contribution >= 4 is 0 Å². The average Bonchev–Trinajstić information content (AvgIpc) is 2.33. The molecule has 1 aliphatic heterocycles. The lowest BCUT2D eigenvalue weighted by Crippen LogP contribution is -2.43. The average molecular weight is 254 g/mol. The molecule has 0 amide bonds. The molecule has 1 saturated heterocycles. The molecule has 0 aliphatic carbocycles. The van der Waals surface area contributed by atoms with E-state index in [9.17, 15) is 0 Å². The predicted molar refractivity (Wildman–Crippen MR) is 81.1 cm³/mol. The molecule has 1 heterocycles. The molecule has 2 nitrogen and oxygen atoms in total. The summed E-state index contributed by atoms with van der Waals surface area (Å²) in [6.45, 7) is 13.3. The predicted octanol–water partition coefficient (Wildman–Crippen LogP) is 3.67. The van der Waals surface area contributed by atoms with E-state index in [0.717, 1.165) is 6.54 Å². The maximum atomic E-state index is 3.62. The molecule has 18 heavy (non-hydrogen) atoms. The second-order valence-corrected chi connectivity index (χ2v) is 6.38. The summed E-state index contributed by atoms with van der Waals surface area (Å²) in [6.07, 6.45) is 9.66. The number of hydrogen-bond donors (Lipinski definition) is 1. The number of nitrogens with zero attached hydrogens (tertiary/aromatic N) is 1. The van der Waals surface area contributed by atoms with E-state index in [1.807, 2.05) is 0 Å². The maximum Gasteiger partial charge on any atom is 0.00474 e. The van der Waals surface area contributed by atoms with Crippen molar-refractivity contribution in [1.29, 1.82) is 0 Å². The molecule has 1 aliphatic rings. The van der Waals surface area contributed by atoms with Crippen LogP contribution in [0, 0.1) is 5.41 Å². The Labute approximate surface area is 115 Å². The molecule has 1 unspecified atom stereocenters. The van der Waals surface area contributed by atoms with Gasteiger partial charge in [-0.1, -0.05) is 40.0 Å². The first-order valence-corrected chi connectivity index (χ1v) is 8.13. The van der Waals surface area contributed by atoms with Crippen LogP contribution in [0.3, 0.4) is 0 Å². The quantitative estimate of drug-likeness (QED) is 0.697. The van der Waals surface area contributed by atoms with E-state index in [1.54, 1.807) is 0 Å². The summed E-state index contributed by atoms with van der Waals surface area (Å²) in [6, 6.07) is 0. The van der Waals surface area contributed by atoms with Crippen LogP contribution in [-0.4, -0.2) is 37.6 Å². The zero-order valence-electron chi connectivity index (χ0n) is 12.9. The summed E-state index contributed by atoms with van der Waals surface area (Å²) in [5, 5.41) is 3.62. The molecule has 2 heteroatoms. The van der Waals surface area contributed by atoms with Crippen molar-refractivity contribution in [1.82, 2.24) is 10.2 Å². The monoisotopic (exact) mass is 254 g/mol. The molecule has 0 aromatic rings. The summed E-state index contributed by atoms with van der Waals surface area (Å²) in [4.78, 5) is 2.72. The highest BCUT2D eigenvalue weighted by atomic mass is 15.1. The van der Waals surface area contributed by atoms with Crippen LogP contribution in [0.2, 0.25) is 0 Å². The SMILES string of the molecule is CCCNCC(C)(CC)CN1CCCCCCC1. The highest BCUT2D eigenvalue weighted by Gasteiger charge is 2.24. The Morgan fingerprint density at radius 2 is 1.61 bits per heavy atom. The van der Waals surface area contributed by atoms with Crippen molar-refractivity contribution < 1.29 is 0 Å². The normalized spacial score (nSPS) is 22.2. The van der Waals surface area contributed by atoms with Crippen LogP contribution >= 0.6 is 0 Å². The second kappa shape index (κ2) is 8.92. The minimum atomic E-state index is 0.453. The molecule has 1 N–H and O–H groups in total. The Balaban J connectivity index is 2.38. The van der Waals surface area contributed by atoms with Gasteiger partial charge in [-0.25, -0.2) is 0 Å². The lowest BCUT2D eigenvalue weighted by Gasteiger charge is -2.36. The zero-order valence-corrected chi connectivity index (χ0v) is 12.9. The highest BCUT2D eigenvalue weighted by molar-refractivity contribution is 4.80. The molecule has 0 aromatic carbocycles. The van der Waals surface area contributed by atoms with Crippen LogP contribution in [-0.2, 0) is 0 Å². The molecule has 1 fully saturated rings. The molecular weight excluding hydrogens is 220 g/mol. The van der Waals surface area contributed by atoms with Gasteiger partial charge in [-0.2, -0.15) is 0 Å². The Morgan fingerprint density at radius 1 is 1.00 bits per heavy atom. The Hall–Kier alpha value is -0.0800. The largest absolute Gasteiger partial charge is 0.316 e. The standard InChI is InChI=1S/C16H34N2/c1-4-11-17-14-16(3,5-2)15-18-12-9-7-6-8-10-13-18/h17H,4-15H2,1-3H3.